The van der Waals surface area contributed by atoms with E-state index < -0.39 is 8.80 Å². The molecule has 0 spiro atoms. The maximum absolute atomic E-state index is 5.85. The highest BCUT2D eigenvalue weighted by Gasteiger charge is 2.39. The van der Waals surface area contributed by atoms with E-state index in [1.165, 1.54) is 44.9 Å². The fourth-order valence-electron chi connectivity index (χ4n) is 2.40. The normalized spacial score (nSPS) is 12.7. The molecule has 0 aromatic rings. The summed E-state index contributed by atoms with van der Waals surface area (Å²) in [5.74, 6) is 0. The SMILES string of the molecule is CCCCCCCCC[Si](OCC)(OCC)OCC.COC(C)O[SiH3]. The van der Waals surface area contributed by atoms with Gasteiger partial charge in [0.15, 0.2) is 0 Å². The molecule has 5 nitrogen and oxygen atoms in total. The van der Waals surface area contributed by atoms with Gasteiger partial charge >= 0.3 is 8.80 Å². The van der Waals surface area contributed by atoms with Crippen molar-refractivity contribution in [2.75, 3.05) is 26.9 Å². The van der Waals surface area contributed by atoms with Gasteiger partial charge in [0.2, 0.25) is 0 Å². The summed E-state index contributed by atoms with van der Waals surface area (Å²) in [5.41, 5.74) is 0. The summed E-state index contributed by atoms with van der Waals surface area (Å²) in [5, 5.41) is 0. The Balaban J connectivity index is 0. The van der Waals surface area contributed by atoms with Gasteiger partial charge in [0.25, 0.3) is 0 Å². The lowest BCUT2D eigenvalue weighted by atomic mass is 10.1. The van der Waals surface area contributed by atoms with Gasteiger partial charge in [-0.1, -0.05) is 45.4 Å². The summed E-state index contributed by atoms with van der Waals surface area (Å²) in [7, 11) is 0.0141. The Morgan fingerprint density at radius 2 is 1.20 bits per heavy atom. The molecule has 0 saturated carbocycles. The first-order valence-electron chi connectivity index (χ1n) is 10.0. The standard InChI is InChI=1S/C15H34O3Si.C3H10O2Si/c1-5-9-10-11-12-13-14-15-19(16-6-2,17-7-3)18-8-4;1-3(4-2)5-6/h5-15H2,1-4H3;3H,1-2,6H3. The predicted molar refractivity (Wildman–Crippen MR) is 111 cm³/mol. The van der Waals surface area contributed by atoms with Crippen LogP contribution in [0.15, 0.2) is 0 Å². The molecule has 0 N–H and O–H groups in total. The van der Waals surface area contributed by atoms with Crippen LogP contribution in [0.25, 0.3) is 0 Å². The van der Waals surface area contributed by atoms with Crippen molar-refractivity contribution in [2.24, 2.45) is 0 Å². The van der Waals surface area contributed by atoms with Crippen molar-refractivity contribution in [1.29, 1.82) is 0 Å². The number of hydrogen-bond acceptors (Lipinski definition) is 5. The minimum Gasteiger partial charge on any atom is -0.404 e. The second kappa shape index (κ2) is 20.5. The molecule has 1 atom stereocenters. The van der Waals surface area contributed by atoms with Gasteiger partial charge in [0.1, 0.15) is 16.8 Å². The summed E-state index contributed by atoms with van der Waals surface area (Å²) in [6, 6.07) is 0.969. The van der Waals surface area contributed by atoms with Gasteiger partial charge in [0, 0.05) is 33.0 Å². The number of ether oxygens (including phenoxy) is 1. The van der Waals surface area contributed by atoms with Crippen molar-refractivity contribution in [3.8, 4) is 0 Å². The Kier molecular flexibility index (Phi) is 22.6. The molecule has 0 fully saturated rings. The molecule has 0 bridgehead atoms. The van der Waals surface area contributed by atoms with Crippen molar-refractivity contribution < 1.29 is 22.4 Å². The van der Waals surface area contributed by atoms with E-state index in [1.807, 2.05) is 27.7 Å². The van der Waals surface area contributed by atoms with Crippen LogP contribution < -0.4 is 0 Å². The minimum absolute atomic E-state index is 0.00309. The fourth-order valence-corrected chi connectivity index (χ4v) is 5.27. The molecule has 25 heavy (non-hydrogen) atoms. The van der Waals surface area contributed by atoms with Crippen LogP contribution >= 0.6 is 0 Å². The Morgan fingerprint density at radius 3 is 1.52 bits per heavy atom. The van der Waals surface area contributed by atoms with Crippen LogP contribution in [-0.4, -0.2) is 52.5 Å². The van der Waals surface area contributed by atoms with Crippen molar-refractivity contribution in [2.45, 2.75) is 91.9 Å². The van der Waals surface area contributed by atoms with Crippen molar-refractivity contribution in [1.82, 2.24) is 0 Å². The maximum atomic E-state index is 5.85. The third-order valence-corrected chi connectivity index (χ3v) is 7.66. The second-order valence-corrected chi connectivity index (χ2v) is 9.10. The van der Waals surface area contributed by atoms with E-state index >= 15 is 0 Å². The largest absolute Gasteiger partial charge is 0.500 e. The molecular weight excluding hydrogens is 352 g/mol. The van der Waals surface area contributed by atoms with Crippen molar-refractivity contribution in [3.05, 3.63) is 0 Å². The van der Waals surface area contributed by atoms with Crippen molar-refractivity contribution >= 4 is 19.3 Å². The molecule has 0 aliphatic heterocycles. The first-order chi connectivity index (χ1) is 12.1. The van der Waals surface area contributed by atoms with Crippen LogP contribution in [0.1, 0.15) is 79.6 Å². The molecule has 7 heteroatoms. The first-order valence-corrected chi connectivity index (χ1v) is 12.8. The van der Waals surface area contributed by atoms with Crippen LogP contribution in [0.5, 0.6) is 0 Å². The van der Waals surface area contributed by atoms with Crippen LogP contribution in [0.4, 0.5) is 0 Å². The molecule has 0 aromatic heterocycles. The summed E-state index contributed by atoms with van der Waals surface area (Å²) >= 11 is 0. The topological polar surface area (TPSA) is 46.2 Å². The predicted octanol–water partition coefficient (Wildman–Crippen LogP) is 4.06. The van der Waals surface area contributed by atoms with Gasteiger partial charge in [-0.3, -0.25) is 0 Å². The highest BCUT2D eigenvalue weighted by Crippen LogP contribution is 2.20. The van der Waals surface area contributed by atoms with E-state index in [-0.39, 0.29) is 6.29 Å². The molecule has 0 rings (SSSR count). The third kappa shape index (κ3) is 17.4. The van der Waals surface area contributed by atoms with Gasteiger partial charge in [-0.05, 0) is 34.1 Å². The molecule has 1 unspecified atom stereocenters. The third-order valence-electron chi connectivity index (χ3n) is 3.84. The molecule has 0 saturated heterocycles. The molecule has 0 aromatic carbocycles. The zero-order valence-corrected chi connectivity index (χ0v) is 20.9. The average molecular weight is 397 g/mol. The van der Waals surface area contributed by atoms with Crippen LogP contribution in [0.3, 0.4) is 0 Å². The monoisotopic (exact) mass is 396 g/mol. The summed E-state index contributed by atoms with van der Waals surface area (Å²) in [6.45, 7) is 12.2. The molecule has 154 valence electrons. The Hall–Kier alpha value is 0.234. The number of unbranched alkanes of at least 4 members (excludes halogenated alkanes) is 6. The molecule has 0 aliphatic rings. The lowest BCUT2D eigenvalue weighted by Gasteiger charge is -2.28. The zero-order valence-electron chi connectivity index (χ0n) is 17.9. The van der Waals surface area contributed by atoms with Gasteiger partial charge in [0.05, 0.1) is 0 Å². The molecule has 0 aliphatic carbocycles. The lowest BCUT2D eigenvalue weighted by Crippen LogP contribution is -2.45. The highest BCUT2D eigenvalue weighted by molar-refractivity contribution is 6.60. The van der Waals surface area contributed by atoms with Gasteiger partial charge in [-0.2, -0.15) is 0 Å². The molecular formula is C18H44O5Si2. The maximum Gasteiger partial charge on any atom is 0.500 e. The Labute approximate surface area is 161 Å². The fraction of sp³-hybridized carbons (Fsp3) is 1.00. The molecule has 0 heterocycles. The number of rotatable bonds is 16. The van der Waals surface area contributed by atoms with Crippen molar-refractivity contribution in [3.63, 3.8) is 0 Å². The first kappa shape index (κ1) is 27.5. The van der Waals surface area contributed by atoms with E-state index in [2.05, 4.69) is 6.92 Å². The Morgan fingerprint density at radius 1 is 0.760 bits per heavy atom. The second-order valence-electron chi connectivity index (χ2n) is 5.89. The van der Waals surface area contributed by atoms with Gasteiger partial charge in [-0.15, -0.1) is 0 Å². The lowest BCUT2D eigenvalue weighted by molar-refractivity contribution is -0.0334. The summed E-state index contributed by atoms with van der Waals surface area (Å²) in [4.78, 5) is 0. The van der Waals surface area contributed by atoms with Crippen LogP contribution in [-0.2, 0) is 22.4 Å². The molecule has 0 radical (unpaired) electrons. The van der Waals surface area contributed by atoms with E-state index in [4.69, 9.17) is 22.4 Å². The quantitative estimate of drug-likeness (QED) is 0.224. The molecule has 0 amide bonds. The van der Waals surface area contributed by atoms with E-state index in [9.17, 15) is 0 Å². The number of methoxy groups -OCH3 is 1. The van der Waals surface area contributed by atoms with Gasteiger partial charge in [-0.25, -0.2) is 0 Å². The average Bonchev–Trinajstić information content (AvgIpc) is 2.61. The van der Waals surface area contributed by atoms with Crippen LogP contribution in [0, 0.1) is 0 Å². The zero-order chi connectivity index (χ0) is 19.4. The number of hydrogen-bond donors (Lipinski definition) is 0. The Bertz CT molecular complexity index is 237. The van der Waals surface area contributed by atoms with Gasteiger partial charge < -0.3 is 22.4 Å². The highest BCUT2D eigenvalue weighted by atomic mass is 28.4. The summed E-state index contributed by atoms with van der Waals surface area (Å²) in [6.07, 6.45) is 9.18. The smallest absolute Gasteiger partial charge is 0.404 e. The van der Waals surface area contributed by atoms with E-state index in [0.29, 0.717) is 19.8 Å². The van der Waals surface area contributed by atoms with Crippen LogP contribution in [0.2, 0.25) is 6.04 Å². The summed E-state index contributed by atoms with van der Waals surface area (Å²) < 4.78 is 27.1. The van der Waals surface area contributed by atoms with E-state index in [0.717, 1.165) is 16.5 Å². The minimum atomic E-state index is -2.37. The van der Waals surface area contributed by atoms with E-state index in [1.54, 1.807) is 7.11 Å².